The smallest absolute Gasteiger partial charge is 0.308 e. The lowest BCUT2D eigenvalue weighted by molar-refractivity contribution is -0.870. The number of carbonyl (C=O) groups is 1. The number of quaternary nitrogens is 1. The van der Waals surface area contributed by atoms with Crippen LogP contribution in [0.5, 0.6) is 0 Å². The summed E-state index contributed by atoms with van der Waals surface area (Å²) in [7, 11) is 6.24. The van der Waals surface area contributed by atoms with Crippen LogP contribution in [0.4, 0.5) is 0 Å². The molecule has 0 aliphatic heterocycles. The SMILES string of the molecule is C.C.CCC(C)C(=O)OCC[N+](C)(C)C.[Cl-]. The monoisotopic (exact) mass is 255 g/mol. The molecule has 0 spiro atoms. The quantitative estimate of drug-likeness (QED) is 0.492. The van der Waals surface area contributed by atoms with E-state index in [1.54, 1.807) is 0 Å². The summed E-state index contributed by atoms with van der Waals surface area (Å²) in [6.07, 6.45) is 0.850. The molecule has 0 fully saturated rings. The average molecular weight is 256 g/mol. The van der Waals surface area contributed by atoms with E-state index in [-0.39, 0.29) is 39.1 Å². The Kier molecular flexibility index (Phi) is 17.4. The lowest BCUT2D eigenvalue weighted by atomic mass is 10.1. The van der Waals surface area contributed by atoms with E-state index in [1.165, 1.54) is 0 Å². The highest BCUT2D eigenvalue weighted by Gasteiger charge is 2.13. The zero-order chi connectivity index (χ0) is 10.5. The molecular formula is C12H30ClNO2. The van der Waals surface area contributed by atoms with Gasteiger partial charge in [-0.05, 0) is 6.42 Å². The van der Waals surface area contributed by atoms with Gasteiger partial charge in [-0.2, -0.15) is 0 Å². The van der Waals surface area contributed by atoms with Crippen molar-refractivity contribution in [2.45, 2.75) is 35.1 Å². The van der Waals surface area contributed by atoms with Gasteiger partial charge in [0.2, 0.25) is 0 Å². The van der Waals surface area contributed by atoms with E-state index in [4.69, 9.17) is 4.74 Å². The molecule has 16 heavy (non-hydrogen) atoms. The second-order valence-electron chi connectivity index (χ2n) is 4.49. The molecule has 0 aromatic carbocycles. The Bertz CT molecular complexity index is 167. The Morgan fingerprint density at radius 3 is 2.00 bits per heavy atom. The number of likely N-dealkylation sites (N-methyl/N-ethyl adjacent to an activating group) is 1. The third-order valence-electron chi connectivity index (χ3n) is 2.02. The van der Waals surface area contributed by atoms with E-state index in [0.29, 0.717) is 6.61 Å². The van der Waals surface area contributed by atoms with Gasteiger partial charge in [0.25, 0.3) is 0 Å². The van der Waals surface area contributed by atoms with Gasteiger partial charge in [0.05, 0.1) is 27.1 Å². The minimum absolute atomic E-state index is 0. The molecule has 0 radical (unpaired) electrons. The Morgan fingerprint density at radius 1 is 1.25 bits per heavy atom. The van der Waals surface area contributed by atoms with Gasteiger partial charge in [0.1, 0.15) is 13.2 Å². The van der Waals surface area contributed by atoms with Crippen LogP contribution in [0.3, 0.4) is 0 Å². The molecule has 0 aromatic rings. The van der Waals surface area contributed by atoms with E-state index in [0.717, 1.165) is 17.4 Å². The summed E-state index contributed by atoms with van der Waals surface area (Å²) in [6, 6.07) is 0. The standard InChI is InChI=1S/C10H22NO2.2CH4.ClH/c1-6-9(2)10(12)13-8-7-11(3,4)5;;;/h9H,6-8H2,1-5H3;2*1H4;1H/q+1;;;/p-1. The number of hydrogen-bond acceptors (Lipinski definition) is 2. The molecule has 102 valence electrons. The molecule has 0 aliphatic rings. The van der Waals surface area contributed by atoms with E-state index in [2.05, 4.69) is 21.1 Å². The first-order chi connectivity index (χ1) is 5.87. The molecule has 0 saturated heterocycles. The van der Waals surface area contributed by atoms with E-state index in [9.17, 15) is 4.79 Å². The molecule has 0 aliphatic carbocycles. The Balaban J connectivity index is -0.000000240. The minimum Gasteiger partial charge on any atom is -1.00 e. The maximum atomic E-state index is 11.2. The molecule has 4 heteroatoms. The van der Waals surface area contributed by atoms with Crippen LogP contribution in [0.15, 0.2) is 0 Å². The van der Waals surface area contributed by atoms with Crippen molar-refractivity contribution in [1.82, 2.24) is 0 Å². The summed E-state index contributed by atoms with van der Waals surface area (Å²) in [6.45, 7) is 5.27. The molecule has 0 bridgehead atoms. The van der Waals surface area contributed by atoms with Gasteiger partial charge >= 0.3 is 5.97 Å². The number of ether oxygens (including phenoxy) is 1. The highest BCUT2D eigenvalue weighted by molar-refractivity contribution is 5.71. The highest BCUT2D eigenvalue weighted by atomic mass is 35.5. The number of carbonyl (C=O) groups excluding carboxylic acids is 1. The normalized spacial score (nSPS) is 11.3. The van der Waals surface area contributed by atoms with Gasteiger partial charge < -0.3 is 21.6 Å². The molecule has 0 amide bonds. The fourth-order valence-corrected chi connectivity index (χ4v) is 0.729. The lowest BCUT2D eigenvalue weighted by Crippen LogP contribution is -3.00. The Hall–Kier alpha value is -0.280. The topological polar surface area (TPSA) is 26.3 Å². The van der Waals surface area contributed by atoms with E-state index < -0.39 is 0 Å². The van der Waals surface area contributed by atoms with Crippen LogP contribution < -0.4 is 12.4 Å². The third kappa shape index (κ3) is 13.7. The predicted octanol–water partition coefficient (Wildman–Crippen LogP) is -0.442. The van der Waals surface area contributed by atoms with Gasteiger partial charge in [-0.15, -0.1) is 0 Å². The fraction of sp³-hybridized carbons (Fsp3) is 0.917. The average Bonchev–Trinajstić information content (AvgIpc) is 2.00. The summed E-state index contributed by atoms with van der Waals surface area (Å²) < 4.78 is 5.94. The van der Waals surface area contributed by atoms with Crippen LogP contribution >= 0.6 is 0 Å². The van der Waals surface area contributed by atoms with Crippen LogP contribution in [0.2, 0.25) is 0 Å². The first-order valence-electron chi connectivity index (χ1n) is 4.84. The van der Waals surface area contributed by atoms with Crippen LogP contribution in [-0.4, -0.2) is 44.7 Å². The summed E-state index contributed by atoms with van der Waals surface area (Å²) in [5.74, 6) is -0.0385. The van der Waals surface area contributed by atoms with Gasteiger partial charge in [-0.3, -0.25) is 4.79 Å². The molecule has 0 aromatic heterocycles. The van der Waals surface area contributed by atoms with Gasteiger partial charge in [-0.1, -0.05) is 28.7 Å². The van der Waals surface area contributed by atoms with Crippen molar-refractivity contribution in [1.29, 1.82) is 0 Å². The second kappa shape index (κ2) is 11.2. The first-order valence-corrected chi connectivity index (χ1v) is 4.84. The van der Waals surface area contributed by atoms with Crippen molar-refractivity contribution < 1.29 is 26.4 Å². The summed E-state index contributed by atoms with van der Waals surface area (Å²) in [4.78, 5) is 11.2. The molecule has 0 heterocycles. The number of nitrogens with zero attached hydrogens (tertiary/aromatic N) is 1. The van der Waals surface area contributed by atoms with Crippen molar-refractivity contribution in [3.05, 3.63) is 0 Å². The van der Waals surface area contributed by atoms with Crippen molar-refractivity contribution in [2.24, 2.45) is 5.92 Å². The molecule has 3 nitrogen and oxygen atoms in total. The maximum absolute atomic E-state index is 11.2. The lowest BCUT2D eigenvalue weighted by Gasteiger charge is -2.23. The van der Waals surface area contributed by atoms with Gasteiger partial charge in [-0.25, -0.2) is 0 Å². The molecule has 0 saturated carbocycles. The molecule has 1 unspecified atom stereocenters. The first kappa shape index (κ1) is 24.8. The molecular weight excluding hydrogens is 226 g/mol. The molecule has 1 atom stereocenters. The molecule has 0 rings (SSSR count). The van der Waals surface area contributed by atoms with Crippen LogP contribution in [0, 0.1) is 5.92 Å². The zero-order valence-corrected chi connectivity index (χ0v) is 10.6. The van der Waals surface area contributed by atoms with Crippen molar-refractivity contribution in [3.63, 3.8) is 0 Å². The maximum Gasteiger partial charge on any atom is 0.308 e. The highest BCUT2D eigenvalue weighted by Crippen LogP contribution is 2.03. The van der Waals surface area contributed by atoms with Crippen molar-refractivity contribution in [2.75, 3.05) is 34.3 Å². The summed E-state index contributed by atoms with van der Waals surface area (Å²) in [5.41, 5.74) is 0. The number of halogens is 1. The predicted molar refractivity (Wildman–Crippen MR) is 66.8 cm³/mol. The van der Waals surface area contributed by atoms with Gasteiger partial charge in [0, 0.05) is 0 Å². The van der Waals surface area contributed by atoms with Crippen molar-refractivity contribution in [3.8, 4) is 0 Å². The molecule has 0 N–H and O–H groups in total. The second-order valence-corrected chi connectivity index (χ2v) is 4.49. The van der Waals surface area contributed by atoms with Crippen LogP contribution in [-0.2, 0) is 9.53 Å². The number of esters is 1. The number of rotatable bonds is 5. The third-order valence-corrected chi connectivity index (χ3v) is 2.02. The Morgan fingerprint density at radius 2 is 1.69 bits per heavy atom. The zero-order valence-electron chi connectivity index (χ0n) is 9.84. The van der Waals surface area contributed by atoms with Gasteiger partial charge in [0.15, 0.2) is 0 Å². The summed E-state index contributed by atoms with van der Waals surface area (Å²) in [5, 5.41) is 0. The fourth-order valence-electron chi connectivity index (χ4n) is 0.729. The Labute approximate surface area is 108 Å². The van der Waals surface area contributed by atoms with Crippen LogP contribution in [0.25, 0.3) is 0 Å². The van der Waals surface area contributed by atoms with Crippen molar-refractivity contribution >= 4 is 5.97 Å². The van der Waals surface area contributed by atoms with E-state index >= 15 is 0 Å². The number of hydrogen-bond donors (Lipinski definition) is 0. The minimum atomic E-state index is -0.0732. The van der Waals surface area contributed by atoms with E-state index in [1.807, 2.05) is 13.8 Å². The van der Waals surface area contributed by atoms with Crippen LogP contribution in [0.1, 0.15) is 35.1 Å². The summed E-state index contributed by atoms with van der Waals surface area (Å²) >= 11 is 0. The largest absolute Gasteiger partial charge is 1.00 e.